The third-order valence-electron chi connectivity index (χ3n) is 9.15. The van der Waals surface area contributed by atoms with Gasteiger partial charge in [-0.3, -0.25) is 14.2 Å². The maximum absolute atomic E-state index is 12.7. The molecule has 0 aliphatic heterocycles. The number of unbranched alkanes of at least 4 members (excludes halogenated alkanes) is 12. The highest BCUT2D eigenvalue weighted by atomic mass is 31.2. The van der Waals surface area contributed by atoms with Gasteiger partial charge in [-0.1, -0.05) is 150 Å². The topological polar surface area (TPSA) is 111 Å². The Morgan fingerprint density at radius 3 is 1.44 bits per heavy atom. The minimum atomic E-state index is -4.64. The fourth-order valence-corrected chi connectivity index (χ4v) is 6.31. The van der Waals surface area contributed by atoms with Gasteiger partial charge in [0.05, 0.1) is 27.7 Å². The zero-order valence-corrected chi connectivity index (χ0v) is 38.8. The van der Waals surface area contributed by atoms with E-state index in [0.717, 1.165) is 109 Å². The number of carbonyl (C=O) groups excluding carboxylic acids is 2. The molecule has 10 heteroatoms. The summed E-state index contributed by atoms with van der Waals surface area (Å²) < 4.78 is 33.9. The molecule has 2 atom stereocenters. The van der Waals surface area contributed by atoms with Crippen molar-refractivity contribution < 1.29 is 42.1 Å². The van der Waals surface area contributed by atoms with Crippen molar-refractivity contribution in [2.24, 2.45) is 0 Å². The summed E-state index contributed by atoms with van der Waals surface area (Å²) in [6, 6.07) is 0. The highest BCUT2D eigenvalue weighted by molar-refractivity contribution is 7.45. The highest BCUT2D eigenvalue weighted by Crippen LogP contribution is 2.38. The van der Waals surface area contributed by atoms with Gasteiger partial charge in [0.1, 0.15) is 19.8 Å². The van der Waals surface area contributed by atoms with Crippen LogP contribution in [0.3, 0.4) is 0 Å². The predicted octanol–water partition coefficient (Wildman–Crippen LogP) is 12.6. The van der Waals surface area contributed by atoms with Gasteiger partial charge < -0.3 is 27.9 Å². The molecule has 0 aromatic rings. The number of hydrogen-bond donors (Lipinski definition) is 0. The average Bonchev–Trinajstić information content (AvgIpc) is 3.19. The minimum Gasteiger partial charge on any atom is -0.756 e. The molecule has 0 rings (SSSR count). The lowest BCUT2D eigenvalue weighted by atomic mass is 10.1. The van der Waals surface area contributed by atoms with Crippen LogP contribution in [0.2, 0.25) is 0 Å². The van der Waals surface area contributed by atoms with Crippen molar-refractivity contribution in [3.63, 3.8) is 0 Å². The van der Waals surface area contributed by atoms with Gasteiger partial charge in [0, 0.05) is 12.8 Å². The van der Waals surface area contributed by atoms with E-state index in [1.54, 1.807) is 0 Å². The summed E-state index contributed by atoms with van der Waals surface area (Å²) in [5, 5.41) is 0. The molecule has 0 bridgehead atoms. The zero-order chi connectivity index (χ0) is 43.6. The number of phosphoric ester groups is 1. The van der Waals surface area contributed by atoms with Crippen LogP contribution in [0.25, 0.3) is 0 Å². The van der Waals surface area contributed by atoms with Gasteiger partial charge in [0.15, 0.2) is 6.10 Å². The molecule has 0 saturated heterocycles. The van der Waals surface area contributed by atoms with E-state index in [1.165, 1.54) is 12.8 Å². The molecule has 338 valence electrons. The summed E-state index contributed by atoms with van der Waals surface area (Å²) in [7, 11) is 1.13. The van der Waals surface area contributed by atoms with Gasteiger partial charge >= 0.3 is 11.9 Å². The Bertz CT molecular complexity index is 1280. The number of nitrogens with zero attached hydrogens (tertiary/aromatic N) is 1. The largest absolute Gasteiger partial charge is 0.756 e. The molecule has 0 aromatic heterocycles. The van der Waals surface area contributed by atoms with Crippen molar-refractivity contribution in [2.45, 2.75) is 168 Å². The molecule has 0 spiro atoms. The van der Waals surface area contributed by atoms with Crippen LogP contribution >= 0.6 is 7.82 Å². The van der Waals surface area contributed by atoms with E-state index in [9.17, 15) is 19.0 Å². The molecule has 0 radical (unpaired) electrons. The monoisotopic (exact) mass is 846 g/mol. The van der Waals surface area contributed by atoms with Crippen LogP contribution in [0, 0.1) is 0 Å². The van der Waals surface area contributed by atoms with Crippen LogP contribution in [0.5, 0.6) is 0 Å². The van der Waals surface area contributed by atoms with Gasteiger partial charge in [-0.05, 0) is 83.5 Å². The molecule has 0 aromatic carbocycles. The Morgan fingerprint density at radius 1 is 0.542 bits per heavy atom. The molecule has 0 fully saturated rings. The van der Waals surface area contributed by atoms with Gasteiger partial charge in [-0.25, -0.2) is 0 Å². The second kappa shape index (κ2) is 40.6. The third-order valence-corrected chi connectivity index (χ3v) is 10.1. The Balaban J connectivity index is 4.41. The van der Waals surface area contributed by atoms with Crippen LogP contribution in [0.15, 0.2) is 85.1 Å². The summed E-state index contributed by atoms with van der Waals surface area (Å²) in [5.74, 6) is -0.881. The average molecular weight is 846 g/mol. The molecule has 0 N–H and O–H groups in total. The fraction of sp³-hybridized carbons (Fsp3) is 0.673. The predicted molar refractivity (Wildman–Crippen MR) is 245 cm³/mol. The van der Waals surface area contributed by atoms with E-state index in [1.807, 2.05) is 21.1 Å². The van der Waals surface area contributed by atoms with Crippen LogP contribution in [0.1, 0.15) is 162 Å². The quantitative estimate of drug-likeness (QED) is 0.0197. The molecular weight excluding hydrogens is 762 g/mol. The first kappa shape index (κ1) is 56.2. The molecule has 0 aliphatic rings. The molecule has 0 amide bonds. The minimum absolute atomic E-state index is 0.0421. The summed E-state index contributed by atoms with van der Waals surface area (Å²) in [6.45, 7) is 4.01. The lowest BCUT2D eigenvalue weighted by Gasteiger charge is -2.28. The molecule has 0 saturated carbocycles. The van der Waals surface area contributed by atoms with Crippen molar-refractivity contribution >= 4 is 19.8 Å². The smallest absolute Gasteiger partial charge is 0.306 e. The Morgan fingerprint density at radius 2 is 0.966 bits per heavy atom. The van der Waals surface area contributed by atoms with E-state index in [4.69, 9.17) is 18.5 Å². The zero-order valence-electron chi connectivity index (χ0n) is 37.9. The van der Waals surface area contributed by atoms with Gasteiger partial charge in [0.2, 0.25) is 0 Å². The molecule has 2 unspecified atom stereocenters. The van der Waals surface area contributed by atoms with Gasteiger partial charge in [-0.2, -0.15) is 0 Å². The molecule has 59 heavy (non-hydrogen) atoms. The lowest BCUT2D eigenvalue weighted by Crippen LogP contribution is -2.37. The second-order valence-corrected chi connectivity index (χ2v) is 17.4. The SMILES string of the molecule is CC/C=C\C/C=C\C/C=C\C/C=C\C/C=C\CCCCCCCC(=O)OC(COC(=O)CCCCCCC/C=C\C/C=C\CCCC)COP(=O)([O-])OCC[N+](C)(C)C. The number of allylic oxidation sites excluding steroid dienone is 14. The van der Waals surface area contributed by atoms with E-state index >= 15 is 0 Å². The normalized spacial score (nSPS) is 14.3. The second-order valence-electron chi connectivity index (χ2n) is 16.0. The summed E-state index contributed by atoms with van der Waals surface area (Å²) in [6.07, 6.45) is 51.8. The van der Waals surface area contributed by atoms with Crippen LogP contribution in [0.4, 0.5) is 0 Å². The van der Waals surface area contributed by atoms with Crippen LogP contribution in [-0.4, -0.2) is 70.0 Å². The summed E-state index contributed by atoms with van der Waals surface area (Å²) in [5.41, 5.74) is 0. The molecule has 9 nitrogen and oxygen atoms in total. The number of ether oxygens (including phenoxy) is 2. The first-order chi connectivity index (χ1) is 28.5. The van der Waals surface area contributed by atoms with Crippen molar-refractivity contribution in [2.75, 3.05) is 47.5 Å². The maximum atomic E-state index is 12.7. The number of rotatable bonds is 40. The number of likely N-dealkylation sites (N-methyl/N-ethyl adjacent to an activating group) is 1. The molecular formula is C49H84NO8P. The number of hydrogen-bond acceptors (Lipinski definition) is 8. The van der Waals surface area contributed by atoms with Crippen molar-refractivity contribution in [1.29, 1.82) is 0 Å². The van der Waals surface area contributed by atoms with Crippen molar-refractivity contribution in [3.05, 3.63) is 85.1 Å². The highest BCUT2D eigenvalue weighted by Gasteiger charge is 2.21. The maximum Gasteiger partial charge on any atom is 0.306 e. The van der Waals surface area contributed by atoms with Crippen molar-refractivity contribution in [1.82, 2.24) is 0 Å². The summed E-state index contributed by atoms with van der Waals surface area (Å²) in [4.78, 5) is 37.6. The molecule has 0 heterocycles. The standard InChI is InChI=1S/C49H84NO8P/c1-6-8-10-12-14-16-18-20-22-23-24-25-26-27-28-30-32-34-36-38-40-42-49(52)58-47(46-57-59(53,54)56-44-43-50(3,4)5)45-55-48(51)41-39-37-35-33-31-29-21-19-17-15-13-11-9-7-2/h8,10,13-16,19-22,24-25,27-28,47H,6-7,9,11-12,17-18,23,26,29-46H2,1-5H3/b10-8-,15-13-,16-14-,21-19-,22-20-,25-24-,28-27-. The van der Waals surface area contributed by atoms with E-state index in [0.29, 0.717) is 23.9 Å². The number of quaternary nitrogens is 1. The number of esters is 2. The number of carbonyl (C=O) groups is 2. The lowest BCUT2D eigenvalue weighted by molar-refractivity contribution is -0.870. The van der Waals surface area contributed by atoms with Gasteiger partial charge in [-0.15, -0.1) is 0 Å². The van der Waals surface area contributed by atoms with Crippen LogP contribution in [-0.2, 0) is 32.7 Å². The first-order valence-corrected chi connectivity index (χ1v) is 24.3. The Hall–Kier alpha value is -2.81. The Labute approximate surface area is 361 Å². The van der Waals surface area contributed by atoms with E-state index in [-0.39, 0.29) is 26.1 Å². The summed E-state index contributed by atoms with van der Waals surface area (Å²) >= 11 is 0. The fourth-order valence-electron chi connectivity index (χ4n) is 5.58. The number of phosphoric acid groups is 1. The first-order valence-electron chi connectivity index (χ1n) is 22.8. The van der Waals surface area contributed by atoms with Gasteiger partial charge in [0.25, 0.3) is 7.82 Å². The molecule has 0 aliphatic carbocycles. The van der Waals surface area contributed by atoms with Crippen molar-refractivity contribution in [3.8, 4) is 0 Å². The Kier molecular flexibility index (Phi) is 38.7. The third kappa shape index (κ3) is 44.6. The van der Waals surface area contributed by atoms with Crippen LogP contribution < -0.4 is 4.89 Å². The van der Waals surface area contributed by atoms with E-state index in [2.05, 4.69) is 98.9 Å². The van der Waals surface area contributed by atoms with E-state index < -0.39 is 32.5 Å².